The Labute approximate surface area is 208 Å². The van der Waals surface area contributed by atoms with Crippen LogP contribution in [0.15, 0.2) is 54.6 Å². The number of nitrogens with zero attached hydrogens (tertiary/aromatic N) is 3. The highest BCUT2D eigenvalue weighted by Gasteiger charge is 2.23. The number of aryl methyl sites for hydroxylation is 2. The number of hydrogen-bond donors (Lipinski definition) is 2. The molecule has 0 bridgehead atoms. The largest absolute Gasteiger partial charge is 0.322 e. The maximum Gasteiger partial charge on any atom is 0.322 e. The molecule has 0 aliphatic heterocycles. The van der Waals surface area contributed by atoms with Gasteiger partial charge in [-0.05, 0) is 44.5 Å². The zero-order chi connectivity index (χ0) is 25.6. The summed E-state index contributed by atoms with van der Waals surface area (Å²) in [5.74, 6) is 0.312. The van der Waals surface area contributed by atoms with E-state index in [0.29, 0.717) is 18.1 Å². The van der Waals surface area contributed by atoms with Crippen LogP contribution in [0.3, 0.4) is 0 Å². The Morgan fingerprint density at radius 3 is 2.11 bits per heavy atom. The number of benzene rings is 2. The first-order valence-electron chi connectivity index (χ1n) is 12.2. The van der Waals surface area contributed by atoms with Gasteiger partial charge in [-0.25, -0.2) is 9.48 Å². The lowest BCUT2D eigenvalue weighted by Gasteiger charge is -2.22. The highest BCUT2D eigenvalue weighted by Crippen LogP contribution is 2.26. The fourth-order valence-electron chi connectivity index (χ4n) is 3.52. The van der Waals surface area contributed by atoms with Gasteiger partial charge in [0.25, 0.3) is 0 Å². The van der Waals surface area contributed by atoms with Gasteiger partial charge in [-0.3, -0.25) is 4.79 Å². The zero-order valence-corrected chi connectivity index (χ0v) is 21.7. The van der Waals surface area contributed by atoms with E-state index in [1.165, 1.54) is 0 Å². The maximum atomic E-state index is 13.1. The number of carbonyl (C=O) groups excluding carboxylic acids is 2. The maximum absolute atomic E-state index is 13.1. The van der Waals surface area contributed by atoms with Crippen LogP contribution in [0.5, 0.6) is 0 Å². The van der Waals surface area contributed by atoms with Crippen molar-refractivity contribution < 1.29 is 9.59 Å². The molecule has 1 aromatic heterocycles. The van der Waals surface area contributed by atoms with Gasteiger partial charge in [0.1, 0.15) is 12.4 Å². The molecule has 0 fully saturated rings. The summed E-state index contributed by atoms with van der Waals surface area (Å²) in [6.45, 7) is 12.8. The summed E-state index contributed by atoms with van der Waals surface area (Å²) in [6, 6.07) is 17.2. The second-order valence-electron chi connectivity index (χ2n) is 10.0. The molecular formula is C28H37N5O2. The monoisotopic (exact) mass is 475 g/mol. The van der Waals surface area contributed by atoms with Gasteiger partial charge in [-0.1, -0.05) is 69.5 Å². The molecule has 186 valence electrons. The molecule has 2 N–H and O–H groups in total. The van der Waals surface area contributed by atoms with Crippen LogP contribution in [-0.2, 0) is 10.2 Å². The summed E-state index contributed by atoms with van der Waals surface area (Å²) in [6.07, 6.45) is 1.73. The van der Waals surface area contributed by atoms with E-state index in [9.17, 15) is 9.59 Å². The molecule has 1 heterocycles. The number of amides is 3. The van der Waals surface area contributed by atoms with Crippen LogP contribution in [-0.4, -0.2) is 39.7 Å². The topological polar surface area (TPSA) is 79.3 Å². The molecule has 3 rings (SSSR count). The molecule has 35 heavy (non-hydrogen) atoms. The van der Waals surface area contributed by atoms with Gasteiger partial charge in [-0.15, -0.1) is 0 Å². The van der Waals surface area contributed by atoms with Crippen molar-refractivity contribution in [3.63, 3.8) is 0 Å². The summed E-state index contributed by atoms with van der Waals surface area (Å²) in [5.41, 5.74) is 4.51. The number of aromatic nitrogens is 2. The third-order valence-electron chi connectivity index (χ3n) is 5.73. The third kappa shape index (κ3) is 7.18. The van der Waals surface area contributed by atoms with E-state index in [1.807, 2.05) is 68.4 Å². The van der Waals surface area contributed by atoms with E-state index in [2.05, 4.69) is 38.3 Å². The summed E-state index contributed by atoms with van der Waals surface area (Å²) in [5, 5.41) is 10.7. The molecule has 0 aliphatic rings. The summed E-state index contributed by atoms with van der Waals surface area (Å²) < 4.78 is 1.75. The number of anilines is 2. The van der Waals surface area contributed by atoms with E-state index < -0.39 is 0 Å². The molecule has 2 aromatic carbocycles. The lowest BCUT2D eigenvalue weighted by atomic mass is 9.92. The van der Waals surface area contributed by atoms with Crippen LogP contribution in [0.1, 0.15) is 57.4 Å². The Morgan fingerprint density at radius 2 is 1.54 bits per heavy atom. The molecule has 0 aliphatic carbocycles. The smallest absolute Gasteiger partial charge is 0.315 e. The summed E-state index contributed by atoms with van der Waals surface area (Å²) in [4.78, 5) is 27.6. The Bertz CT molecular complexity index is 1140. The second kappa shape index (κ2) is 11.2. The minimum atomic E-state index is -0.292. The lowest BCUT2D eigenvalue weighted by molar-refractivity contribution is -0.116. The third-order valence-corrected chi connectivity index (χ3v) is 5.73. The summed E-state index contributed by atoms with van der Waals surface area (Å²) in [7, 11) is 0. The fourth-order valence-corrected chi connectivity index (χ4v) is 3.52. The second-order valence-corrected chi connectivity index (χ2v) is 10.0. The van der Waals surface area contributed by atoms with E-state index in [1.54, 1.807) is 9.58 Å². The van der Waals surface area contributed by atoms with Crippen LogP contribution >= 0.6 is 0 Å². The normalized spacial score (nSPS) is 11.3. The van der Waals surface area contributed by atoms with Crippen molar-refractivity contribution in [2.24, 2.45) is 0 Å². The Hall–Kier alpha value is -3.61. The van der Waals surface area contributed by atoms with Crippen molar-refractivity contribution in [1.29, 1.82) is 0 Å². The standard InChI is InChI=1S/C28H37N5O2/c1-7-8-17-32(27(35)29-22-13-9-20(2)10-14-22)19-26(34)30-25-18-24(28(4,5)6)31-33(25)23-15-11-21(3)12-16-23/h9-16,18H,7-8,17,19H2,1-6H3,(H,29,35)(H,30,34). The molecular weight excluding hydrogens is 438 g/mol. The van der Waals surface area contributed by atoms with Crippen molar-refractivity contribution >= 4 is 23.4 Å². The van der Waals surface area contributed by atoms with Crippen molar-refractivity contribution in [1.82, 2.24) is 14.7 Å². The highest BCUT2D eigenvalue weighted by atomic mass is 16.2. The number of urea groups is 1. The van der Waals surface area contributed by atoms with Crippen LogP contribution in [0, 0.1) is 13.8 Å². The van der Waals surface area contributed by atoms with Crippen LogP contribution in [0.25, 0.3) is 5.69 Å². The fraction of sp³-hybridized carbons (Fsp3) is 0.393. The highest BCUT2D eigenvalue weighted by molar-refractivity contribution is 5.96. The molecule has 0 saturated heterocycles. The zero-order valence-electron chi connectivity index (χ0n) is 21.7. The van der Waals surface area contributed by atoms with Gasteiger partial charge in [0.2, 0.25) is 5.91 Å². The first kappa shape index (κ1) is 26.0. The van der Waals surface area contributed by atoms with E-state index >= 15 is 0 Å². The Morgan fingerprint density at radius 1 is 0.943 bits per heavy atom. The van der Waals surface area contributed by atoms with Crippen molar-refractivity contribution in [2.75, 3.05) is 23.7 Å². The SMILES string of the molecule is CCCCN(CC(=O)Nc1cc(C(C)(C)C)nn1-c1ccc(C)cc1)C(=O)Nc1ccc(C)cc1. The van der Waals surface area contributed by atoms with E-state index in [-0.39, 0.29) is 23.9 Å². The van der Waals surface area contributed by atoms with Crippen molar-refractivity contribution in [3.8, 4) is 5.69 Å². The number of unbranched alkanes of at least 4 members (excludes halogenated alkanes) is 1. The van der Waals surface area contributed by atoms with E-state index in [0.717, 1.165) is 35.3 Å². The molecule has 0 saturated carbocycles. The molecule has 7 nitrogen and oxygen atoms in total. The Kier molecular flexibility index (Phi) is 8.33. The van der Waals surface area contributed by atoms with Crippen LogP contribution in [0.2, 0.25) is 0 Å². The van der Waals surface area contributed by atoms with Gasteiger partial charge < -0.3 is 15.5 Å². The quantitative estimate of drug-likeness (QED) is 0.416. The molecule has 0 atom stereocenters. The van der Waals surface area contributed by atoms with Crippen molar-refractivity contribution in [2.45, 2.75) is 59.8 Å². The number of nitrogens with one attached hydrogen (secondary N) is 2. The van der Waals surface area contributed by atoms with Crippen molar-refractivity contribution in [3.05, 3.63) is 71.4 Å². The molecule has 7 heteroatoms. The first-order chi connectivity index (χ1) is 16.6. The minimum absolute atomic E-state index is 0.0539. The van der Waals surface area contributed by atoms with E-state index in [4.69, 9.17) is 5.10 Å². The van der Waals surface area contributed by atoms with Gasteiger partial charge in [0.05, 0.1) is 11.4 Å². The van der Waals surface area contributed by atoms with Gasteiger partial charge in [-0.2, -0.15) is 5.10 Å². The average molecular weight is 476 g/mol. The van der Waals surface area contributed by atoms with Gasteiger partial charge >= 0.3 is 6.03 Å². The predicted octanol–water partition coefficient (Wildman–Crippen LogP) is 6.06. The molecule has 3 aromatic rings. The predicted molar refractivity (Wildman–Crippen MR) is 142 cm³/mol. The lowest BCUT2D eigenvalue weighted by Crippen LogP contribution is -2.41. The number of rotatable bonds is 8. The molecule has 0 radical (unpaired) electrons. The van der Waals surface area contributed by atoms with Gasteiger partial charge in [0, 0.05) is 23.7 Å². The average Bonchev–Trinajstić information content (AvgIpc) is 3.22. The minimum Gasteiger partial charge on any atom is -0.315 e. The molecule has 3 amide bonds. The summed E-state index contributed by atoms with van der Waals surface area (Å²) >= 11 is 0. The van der Waals surface area contributed by atoms with Crippen LogP contribution in [0.4, 0.5) is 16.3 Å². The van der Waals surface area contributed by atoms with Gasteiger partial charge in [0.15, 0.2) is 0 Å². The molecule has 0 spiro atoms. The molecule has 0 unspecified atom stereocenters. The first-order valence-corrected chi connectivity index (χ1v) is 12.2. The van der Waals surface area contributed by atoms with Crippen LogP contribution < -0.4 is 10.6 Å². The Balaban J connectivity index is 1.79. The number of hydrogen-bond acceptors (Lipinski definition) is 3. The number of carbonyl (C=O) groups is 2.